The summed E-state index contributed by atoms with van der Waals surface area (Å²) in [5, 5.41) is 12.8. The van der Waals surface area contributed by atoms with E-state index in [1.807, 2.05) is 26.0 Å². The van der Waals surface area contributed by atoms with Crippen LogP contribution in [0.3, 0.4) is 0 Å². The Hall–Kier alpha value is -1.79. The van der Waals surface area contributed by atoms with Crippen molar-refractivity contribution in [1.29, 1.82) is 0 Å². The summed E-state index contributed by atoms with van der Waals surface area (Å²) >= 11 is 1.38. The fourth-order valence-electron chi connectivity index (χ4n) is 1.88. The number of fused-ring (bicyclic) bond motifs is 1. The Balaban J connectivity index is 1.88. The van der Waals surface area contributed by atoms with Crippen LogP contribution in [0.5, 0.6) is 0 Å². The molecule has 5 nitrogen and oxygen atoms in total. The molecule has 0 aliphatic carbocycles. The third kappa shape index (κ3) is 2.13. The van der Waals surface area contributed by atoms with Gasteiger partial charge in [0, 0.05) is 16.1 Å². The number of aliphatic hydroxyl groups is 1. The second kappa shape index (κ2) is 4.40. The van der Waals surface area contributed by atoms with Crippen LogP contribution in [0.4, 0.5) is 5.69 Å². The van der Waals surface area contributed by atoms with E-state index in [1.54, 1.807) is 6.07 Å². The molecule has 1 aromatic carbocycles. The van der Waals surface area contributed by atoms with Crippen molar-refractivity contribution in [3.63, 3.8) is 0 Å². The Morgan fingerprint density at radius 3 is 2.89 bits per heavy atom. The number of aryl methyl sites for hydroxylation is 2. The third-order valence-corrected chi connectivity index (χ3v) is 3.88. The number of benzene rings is 1. The number of anilines is 1. The molecule has 0 fully saturated rings. The van der Waals surface area contributed by atoms with Crippen LogP contribution in [0.2, 0.25) is 0 Å². The van der Waals surface area contributed by atoms with Gasteiger partial charge in [0.05, 0.1) is 5.69 Å². The van der Waals surface area contributed by atoms with Crippen molar-refractivity contribution < 1.29 is 14.3 Å². The zero-order chi connectivity index (χ0) is 13.6. The molecule has 1 atom stereocenters. The van der Waals surface area contributed by atoms with Crippen LogP contribution in [0.1, 0.15) is 23.1 Å². The third-order valence-electron chi connectivity index (χ3n) is 3.04. The van der Waals surface area contributed by atoms with Gasteiger partial charge >= 0.3 is 0 Å². The number of hydrogen-bond donors (Lipinski definition) is 2. The molecule has 0 bridgehead atoms. The number of hydrogen-bond acceptors (Lipinski definition) is 5. The molecular weight excluding hydrogens is 264 g/mol. The Morgan fingerprint density at radius 1 is 1.42 bits per heavy atom. The predicted molar refractivity (Wildman–Crippen MR) is 70.1 cm³/mol. The summed E-state index contributed by atoms with van der Waals surface area (Å²) in [7, 11) is 0. The van der Waals surface area contributed by atoms with Crippen LogP contribution in [0.25, 0.3) is 0 Å². The highest BCUT2D eigenvalue weighted by atomic mass is 32.2. The van der Waals surface area contributed by atoms with E-state index in [1.165, 1.54) is 11.8 Å². The van der Waals surface area contributed by atoms with E-state index in [0.717, 1.165) is 16.3 Å². The van der Waals surface area contributed by atoms with Crippen molar-refractivity contribution in [2.24, 2.45) is 0 Å². The molecule has 2 heterocycles. The van der Waals surface area contributed by atoms with Gasteiger partial charge in [-0.05, 0) is 37.7 Å². The van der Waals surface area contributed by atoms with E-state index in [0.29, 0.717) is 16.5 Å². The highest BCUT2D eigenvalue weighted by molar-refractivity contribution is 7.99. The summed E-state index contributed by atoms with van der Waals surface area (Å²) in [5.74, 6) is 0.410. The molecule has 0 saturated carbocycles. The lowest BCUT2D eigenvalue weighted by atomic mass is 10.1. The first-order chi connectivity index (χ1) is 9.04. The van der Waals surface area contributed by atoms with E-state index in [2.05, 4.69) is 10.3 Å². The van der Waals surface area contributed by atoms with Crippen molar-refractivity contribution in [3.05, 3.63) is 35.2 Å². The molecule has 0 radical (unpaired) electrons. The summed E-state index contributed by atoms with van der Waals surface area (Å²) in [6.07, 6.45) is -1.07. The highest BCUT2D eigenvalue weighted by Gasteiger charge is 2.28. The van der Waals surface area contributed by atoms with Crippen LogP contribution >= 0.6 is 11.8 Å². The minimum absolute atomic E-state index is 0.389. The van der Waals surface area contributed by atoms with Crippen molar-refractivity contribution in [3.8, 4) is 0 Å². The first-order valence-corrected chi connectivity index (χ1v) is 6.61. The van der Waals surface area contributed by atoms with Gasteiger partial charge in [0.1, 0.15) is 5.76 Å². The second-order valence-electron chi connectivity index (χ2n) is 4.36. The van der Waals surface area contributed by atoms with Crippen molar-refractivity contribution in [2.45, 2.75) is 30.1 Å². The number of aliphatic hydroxyl groups excluding tert-OH is 1. The Kier molecular flexibility index (Phi) is 2.83. The van der Waals surface area contributed by atoms with Gasteiger partial charge in [-0.15, -0.1) is 0 Å². The average Bonchev–Trinajstić information content (AvgIpc) is 2.81. The molecule has 1 aromatic heterocycles. The maximum Gasteiger partial charge on any atom is 0.260 e. The number of rotatable bonds is 2. The van der Waals surface area contributed by atoms with Gasteiger partial charge in [-0.25, -0.2) is 4.98 Å². The van der Waals surface area contributed by atoms with E-state index in [4.69, 9.17) is 4.42 Å². The summed E-state index contributed by atoms with van der Waals surface area (Å²) in [5.41, 5.74) is 2.11. The SMILES string of the molecule is Cc1nc(Sc2ccc3c(c2)NC(=O)C3O)oc1C. The Labute approximate surface area is 114 Å². The van der Waals surface area contributed by atoms with Crippen LogP contribution in [0.15, 0.2) is 32.7 Å². The molecule has 19 heavy (non-hydrogen) atoms. The van der Waals surface area contributed by atoms with E-state index < -0.39 is 6.10 Å². The van der Waals surface area contributed by atoms with E-state index in [9.17, 15) is 9.90 Å². The monoisotopic (exact) mass is 276 g/mol. The molecule has 98 valence electrons. The summed E-state index contributed by atoms with van der Waals surface area (Å²) in [6.45, 7) is 3.76. The Bertz CT molecular complexity index is 646. The highest BCUT2D eigenvalue weighted by Crippen LogP contribution is 2.36. The van der Waals surface area contributed by atoms with Crippen LogP contribution in [-0.4, -0.2) is 16.0 Å². The van der Waals surface area contributed by atoms with Crippen molar-refractivity contribution >= 4 is 23.4 Å². The smallest absolute Gasteiger partial charge is 0.260 e. The molecule has 1 unspecified atom stereocenters. The molecular formula is C13H12N2O3S. The van der Waals surface area contributed by atoms with Gasteiger partial charge in [-0.3, -0.25) is 4.79 Å². The molecule has 1 aliphatic heterocycles. The van der Waals surface area contributed by atoms with Gasteiger partial charge in [-0.2, -0.15) is 0 Å². The summed E-state index contributed by atoms with van der Waals surface area (Å²) in [6, 6.07) is 5.38. The zero-order valence-electron chi connectivity index (χ0n) is 10.4. The lowest BCUT2D eigenvalue weighted by molar-refractivity contribution is -0.123. The molecule has 2 aromatic rings. The maximum atomic E-state index is 11.3. The lowest BCUT2D eigenvalue weighted by Crippen LogP contribution is -2.10. The van der Waals surface area contributed by atoms with Crippen LogP contribution in [0, 0.1) is 13.8 Å². The minimum Gasteiger partial charge on any atom is -0.436 e. The molecule has 6 heteroatoms. The molecule has 0 spiro atoms. The standard InChI is InChI=1S/C13H12N2O3S/c1-6-7(2)18-13(14-6)19-8-3-4-9-10(5-8)15-12(17)11(9)16/h3-5,11,16H,1-2H3,(H,15,17). The zero-order valence-corrected chi connectivity index (χ0v) is 11.2. The fraction of sp³-hybridized carbons (Fsp3) is 0.231. The number of nitrogens with one attached hydrogen (secondary N) is 1. The van der Waals surface area contributed by atoms with Crippen LogP contribution in [-0.2, 0) is 4.79 Å². The molecule has 1 amide bonds. The summed E-state index contributed by atoms with van der Waals surface area (Å²) in [4.78, 5) is 16.5. The number of nitrogens with zero attached hydrogens (tertiary/aromatic N) is 1. The molecule has 2 N–H and O–H groups in total. The number of carbonyl (C=O) groups is 1. The van der Waals surface area contributed by atoms with Crippen molar-refractivity contribution in [2.75, 3.05) is 5.32 Å². The van der Waals surface area contributed by atoms with Gasteiger partial charge < -0.3 is 14.8 Å². The van der Waals surface area contributed by atoms with Crippen LogP contribution < -0.4 is 5.32 Å². The van der Waals surface area contributed by atoms with E-state index in [-0.39, 0.29) is 5.91 Å². The number of aromatic nitrogens is 1. The largest absolute Gasteiger partial charge is 0.436 e. The maximum absolute atomic E-state index is 11.3. The lowest BCUT2D eigenvalue weighted by Gasteiger charge is -2.02. The number of oxazole rings is 1. The Morgan fingerprint density at radius 2 is 2.21 bits per heavy atom. The predicted octanol–water partition coefficient (Wildman–Crippen LogP) is 2.43. The number of amides is 1. The van der Waals surface area contributed by atoms with Gasteiger partial charge in [0.15, 0.2) is 6.10 Å². The van der Waals surface area contributed by atoms with Gasteiger partial charge in [0.2, 0.25) is 0 Å². The first-order valence-electron chi connectivity index (χ1n) is 5.79. The second-order valence-corrected chi connectivity index (χ2v) is 5.39. The normalized spacial score (nSPS) is 17.4. The topological polar surface area (TPSA) is 75.4 Å². The number of carbonyl (C=O) groups excluding carboxylic acids is 1. The first kappa shape index (κ1) is 12.3. The molecule has 3 rings (SSSR count). The summed E-state index contributed by atoms with van der Waals surface area (Å²) < 4.78 is 5.49. The van der Waals surface area contributed by atoms with Gasteiger partial charge in [0.25, 0.3) is 11.1 Å². The van der Waals surface area contributed by atoms with E-state index >= 15 is 0 Å². The average molecular weight is 276 g/mol. The quantitative estimate of drug-likeness (QED) is 0.881. The molecule has 0 saturated heterocycles. The fourth-order valence-corrected chi connectivity index (χ4v) is 2.74. The van der Waals surface area contributed by atoms with Gasteiger partial charge in [-0.1, -0.05) is 6.07 Å². The minimum atomic E-state index is -1.07. The van der Waals surface area contributed by atoms with Crippen molar-refractivity contribution in [1.82, 2.24) is 4.98 Å². The molecule has 1 aliphatic rings.